The van der Waals surface area contributed by atoms with Crippen molar-refractivity contribution in [1.29, 1.82) is 0 Å². The van der Waals surface area contributed by atoms with Crippen molar-refractivity contribution < 1.29 is 4.39 Å². The fourth-order valence-corrected chi connectivity index (χ4v) is 2.70. The molecule has 1 unspecified atom stereocenters. The molecule has 2 nitrogen and oxygen atoms in total. The highest BCUT2D eigenvalue weighted by Crippen LogP contribution is 2.19. The highest BCUT2D eigenvalue weighted by molar-refractivity contribution is 6.31. The third-order valence-electron chi connectivity index (χ3n) is 3.61. The lowest BCUT2D eigenvalue weighted by atomic mass is 10.1. The minimum atomic E-state index is -0.225. The fraction of sp³-hybridized carbons (Fsp3) is 0.571. The van der Waals surface area contributed by atoms with E-state index in [2.05, 4.69) is 17.1 Å². The second-order valence-electron chi connectivity index (χ2n) is 4.88. The summed E-state index contributed by atoms with van der Waals surface area (Å²) in [5, 5.41) is 3.82. The lowest BCUT2D eigenvalue weighted by molar-refractivity contribution is 0.338. The van der Waals surface area contributed by atoms with E-state index in [9.17, 15) is 4.39 Å². The van der Waals surface area contributed by atoms with E-state index in [-0.39, 0.29) is 5.82 Å². The van der Waals surface area contributed by atoms with Crippen molar-refractivity contribution >= 4 is 11.6 Å². The third kappa shape index (κ3) is 3.44. The van der Waals surface area contributed by atoms with Crippen LogP contribution in [0.2, 0.25) is 5.02 Å². The van der Waals surface area contributed by atoms with Gasteiger partial charge < -0.3 is 10.2 Å². The molecule has 1 aliphatic heterocycles. The summed E-state index contributed by atoms with van der Waals surface area (Å²) in [6.07, 6.45) is 1.23. The Bertz CT molecular complexity index is 377. The highest BCUT2D eigenvalue weighted by Gasteiger charge is 2.20. The monoisotopic (exact) mass is 270 g/mol. The van der Waals surface area contributed by atoms with Gasteiger partial charge in [-0.15, -0.1) is 0 Å². The van der Waals surface area contributed by atoms with E-state index in [0.717, 1.165) is 19.6 Å². The molecule has 0 saturated carbocycles. The van der Waals surface area contributed by atoms with Crippen LogP contribution >= 0.6 is 11.6 Å². The number of hydrogen-bond donors (Lipinski definition) is 1. The third-order valence-corrected chi connectivity index (χ3v) is 3.97. The number of benzene rings is 1. The van der Waals surface area contributed by atoms with Gasteiger partial charge in [0.05, 0.1) is 0 Å². The smallest absolute Gasteiger partial charge is 0.129 e. The molecule has 1 aromatic carbocycles. The van der Waals surface area contributed by atoms with E-state index in [1.807, 2.05) is 0 Å². The van der Waals surface area contributed by atoms with Crippen LogP contribution in [0, 0.1) is 11.7 Å². The van der Waals surface area contributed by atoms with E-state index in [4.69, 9.17) is 11.6 Å². The predicted molar refractivity (Wildman–Crippen MR) is 73.3 cm³/mol. The highest BCUT2D eigenvalue weighted by atomic mass is 35.5. The average Bonchev–Trinajstić information content (AvgIpc) is 2.81. The van der Waals surface area contributed by atoms with E-state index in [1.165, 1.54) is 19.0 Å². The SMILES string of the molecule is CCN1CCC(CNCc2c(F)cccc2Cl)C1. The van der Waals surface area contributed by atoms with Crippen LogP contribution < -0.4 is 5.32 Å². The molecular formula is C14H20ClFN2. The molecule has 1 heterocycles. The molecule has 1 saturated heterocycles. The Morgan fingerprint density at radius 2 is 2.33 bits per heavy atom. The van der Waals surface area contributed by atoms with Crippen LogP contribution in [0.25, 0.3) is 0 Å². The van der Waals surface area contributed by atoms with E-state index in [0.29, 0.717) is 23.0 Å². The number of likely N-dealkylation sites (tertiary alicyclic amines) is 1. The van der Waals surface area contributed by atoms with Crippen molar-refractivity contribution in [3.63, 3.8) is 0 Å². The van der Waals surface area contributed by atoms with Crippen molar-refractivity contribution in [3.05, 3.63) is 34.6 Å². The van der Waals surface area contributed by atoms with Crippen molar-refractivity contribution in [2.24, 2.45) is 5.92 Å². The summed E-state index contributed by atoms with van der Waals surface area (Å²) < 4.78 is 13.5. The van der Waals surface area contributed by atoms with Gasteiger partial charge in [-0.25, -0.2) is 4.39 Å². The number of nitrogens with zero attached hydrogens (tertiary/aromatic N) is 1. The number of rotatable bonds is 5. The molecule has 2 rings (SSSR count). The molecule has 0 aromatic heterocycles. The Labute approximate surface area is 113 Å². The maximum atomic E-state index is 13.5. The first-order valence-corrected chi connectivity index (χ1v) is 6.94. The van der Waals surface area contributed by atoms with Crippen LogP contribution in [0.4, 0.5) is 4.39 Å². The minimum Gasteiger partial charge on any atom is -0.312 e. The van der Waals surface area contributed by atoms with Crippen molar-refractivity contribution in [1.82, 2.24) is 10.2 Å². The molecule has 1 fully saturated rings. The molecule has 1 atom stereocenters. The van der Waals surface area contributed by atoms with Crippen molar-refractivity contribution in [2.45, 2.75) is 19.9 Å². The predicted octanol–water partition coefficient (Wildman–Crippen LogP) is 2.91. The van der Waals surface area contributed by atoms with Crippen LogP contribution in [-0.4, -0.2) is 31.1 Å². The molecule has 0 aliphatic carbocycles. The zero-order valence-electron chi connectivity index (χ0n) is 10.8. The van der Waals surface area contributed by atoms with Crippen LogP contribution in [-0.2, 0) is 6.54 Å². The molecule has 1 aromatic rings. The molecule has 4 heteroatoms. The van der Waals surface area contributed by atoms with Crippen LogP contribution in [0.15, 0.2) is 18.2 Å². The molecular weight excluding hydrogens is 251 g/mol. The summed E-state index contributed by atoms with van der Waals surface area (Å²) >= 11 is 5.98. The number of nitrogens with one attached hydrogen (secondary N) is 1. The van der Waals surface area contributed by atoms with E-state index < -0.39 is 0 Å². The van der Waals surface area contributed by atoms with E-state index >= 15 is 0 Å². The maximum Gasteiger partial charge on any atom is 0.129 e. The zero-order chi connectivity index (χ0) is 13.0. The maximum absolute atomic E-state index is 13.5. The summed E-state index contributed by atoms with van der Waals surface area (Å²) in [5.74, 6) is 0.451. The zero-order valence-corrected chi connectivity index (χ0v) is 11.5. The Balaban J connectivity index is 1.79. The summed E-state index contributed by atoms with van der Waals surface area (Å²) in [7, 11) is 0. The largest absolute Gasteiger partial charge is 0.312 e. The Kier molecular flexibility index (Phi) is 4.98. The normalized spacial score (nSPS) is 20.5. The molecule has 0 radical (unpaired) electrons. The first kappa shape index (κ1) is 13.8. The van der Waals surface area contributed by atoms with Gasteiger partial charge in [0.2, 0.25) is 0 Å². The Morgan fingerprint density at radius 3 is 3.00 bits per heavy atom. The second kappa shape index (κ2) is 6.50. The van der Waals surface area contributed by atoms with Gasteiger partial charge in [0.1, 0.15) is 5.82 Å². The molecule has 1 aliphatic rings. The molecule has 100 valence electrons. The molecule has 1 N–H and O–H groups in total. The lowest BCUT2D eigenvalue weighted by Crippen LogP contribution is -2.26. The second-order valence-corrected chi connectivity index (χ2v) is 5.29. The van der Waals surface area contributed by atoms with Gasteiger partial charge >= 0.3 is 0 Å². The fourth-order valence-electron chi connectivity index (χ4n) is 2.47. The summed E-state index contributed by atoms with van der Waals surface area (Å²) in [6.45, 7) is 7.08. The number of halogens is 2. The van der Waals surface area contributed by atoms with Gasteiger partial charge in [0, 0.05) is 23.7 Å². The van der Waals surface area contributed by atoms with Crippen LogP contribution in [0.1, 0.15) is 18.9 Å². The molecule has 0 amide bonds. The van der Waals surface area contributed by atoms with Gasteiger partial charge in [-0.05, 0) is 44.1 Å². The van der Waals surface area contributed by atoms with Gasteiger partial charge in [-0.2, -0.15) is 0 Å². The lowest BCUT2D eigenvalue weighted by Gasteiger charge is -2.14. The van der Waals surface area contributed by atoms with Crippen LogP contribution in [0.5, 0.6) is 0 Å². The molecule has 18 heavy (non-hydrogen) atoms. The van der Waals surface area contributed by atoms with Gasteiger partial charge in [-0.3, -0.25) is 0 Å². The van der Waals surface area contributed by atoms with Crippen LogP contribution in [0.3, 0.4) is 0 Å². The summed E-state index contributed by atoms with van der Waals surface area (Å²) in [4.78, 5) is 2.45. The molecule has 0 bridgehead atoms. The van der Waals surface area contributed by atoms with Gasteiger partial charge in [0.15, 0.2) is 0 Å². The topological polar surface area (TPSA) is 15.3 Å². The van der Waals surface area contributed by atoms with Gasteiger partial charge in [0.25, 0.3) is 0 Å². The standard InChI is InChI=1S/C14H20ClFN2/c1-2-18-7-6-11(10-18)8-17-9-12-13(15)4-3-5-14(12)16/h3-5,11,17H,2,6-10H2,1H3. The first-order chi connectivity index (χ1) is 8.70. The van der Waals surface area contributed by atoms with Crippen molar-refractivity contribution in [2.75, 3.05) is 26.2 Å². The summed E-state index contributed by atoms with van der Waals surface area (Å²) in [5.41, 5.74) is 0.574. The summed E-state index contributed by atoms with van der Waals surface area (Å²) in [6, 6.07) is 4.82. The first-order valence-electron chi connectivity index (χ1n) is 6.56. The quantitative estimate of drug-likeness (QED) is 0.885. The van der Waals surface area contributed by atoms with Crippen molar-refractivity contribution in [3.8, 4) is 0 Å². The van der Waals surface area contributed by atoms with Gasteiger partial charge in [-0.1, -0.05) is 24.6 Å². The number of hydrogen-bond acceptors (Lipinski definition) is 2. The minimum absolute atomic E-state index is 0.225. The van der Waals surface area contributed by atoms with E-state index in [1.54, 1.807) is 12.1 Å². The average molecular weight is 271 g/mol. The Morgan fingerprint density at radius 1 is 1.50 bits per heavy atom. The molecule has 0 spiro atoms. The Hall–Kier alpha value is -0.640.